The maximum atomic E-state index is 11.8. The molecule has 0 saturated carbocycles. The van der Waals surface area contributed by atoms with Crippen LogP contribution in [0.3, 0.4) is 0 Å². The first-order valence-corrected chi connectivity index (χ1v) is 6.10. The number of carbonyl (C=O) groups is 1. The second-order valence-corrected chi connectivity index (χ2v) is 5.32. The average molecular weight is 251 g/mol. The Kier molecular flexibility index (Phi) is 4.73. The van der Waals surface area contributed by atoms with E-state index in [0.717, 1.165) is 0 Å². The van der Waals surface area contributed by atoms with Crippen LogP contribution < -0.4 is 5.32 Å². The molecular weight excluding hydrogens is 230 g/mol. The van der Waals surface area contributed by atoms with Crippen LogP contribution in [0.25, 0.3) is 0 Å². The van der Waals surface area contributed by atoms with Gasteiger partial charge in [-0.15, -0.1) is 0 Å². The minimum atomic E-state index is -0.902. The third kappa shape index (κ3) is 4.75. The highest BCUT2D eigenvalue weighted by molar-refractivity contribution is 5.94. The molecule has 1 rings (SSSR count). The monoisotopic (exact) mass is 251 g/mol. The van der Waals surface area contributed by atoms with Crippen LogP contribution >= 0.6 is 0 Å². The summed E-state index contributed by atoms with van der Waals surface area (Å²) in [5.41, 5.74) is -0.436. The van der Waals surface area contributed by atoms with Crippen LogP contribution in [0.4, 0.5) is 0 Å². The van der Waals surface area contributed by atoms with Gasteiger partial charge < -0.3 is 15.5 Å². The number of rotatable bonds is 5. The predicted molar refractivity (Wildman–Crippen MR) is 70.5 cm³/mol. The minimum absolute atomic E-state index is 0.123. The molecule has 4 heteroatoms. The van der Waals surface area contributed by atoms with Gasteiger partial charge in [0, 0.05) is 12.1 Å². The van der Waals surface area contributed by atoms with Gasteiger partial charge in [0.25, 0.3) is 5.91 Å². The van der Waals surface area contributed by atoms with Crippen molar-refractivity contribution >= 4 is 5.91 Å². The average Bonchev–Trinajstić information content (AvgIpc) is 2.25. The van der Waals surface area contributed by atoms with E-state index in [0.29, 0.717) is 17.9 Å². The molecular formula is C14H21NO3. The minimum Gasteiger partial charge on any atom is -0.508 e. The highest BCUT2D eigenvalue weighted by atomic mass is 16.3. The van der Waals surface area contributed by atoms with E-state index in [-0.39, 0.29) is 18.2 Å². The highest BCUT2D eigenvalue weighted by Crippen LogP contribution is 2.15. The molecule has 0 aromatic heterocycles. The van der Waals surface area contributed by atoms with E-state index in [9.17, 15) is 9.90 Å². The van der Waals surface area contributed by atoms with Gasteiger partial charge in [0.15, 0.2) is 0 Å². The van der Waals surface area contributed by atoms with Crippen molar-refractivity contribution in [3.8, 4) is 5.75 Å². The van der Waals surface area contributed by atoms with Crippen LogP contribution in [0.15, 0.2) is 24.3 Å². The van der Waals surface area contributed by atoms with Crippen LogP contribution in [-0.4, -0.2) is 28.3 Å². The fraction of sp³-hybridized carbons (Fsp3) is 0.500. The van der Waals surface area contributed by atoms with Crippen molar-refractivity contribution in [1.29, 1.82) is 0 Å². The number of hydrogen-bond donors (Lipinski definition) is 3. The molecule has 0 aliphatic carbocycles. The lowest BCUT2D eigenvalue weighted by molar-refractivity contribution is 0.0368. The number of benzene rings is 1. The van der Waals surface area contributed by atoms with E-state index in [1.54, 1.807) is 19.1 Å². The molecule has 0 radical (unpaired) electrons. The smallest absolute Gasteiger partial charge is 0.251 e. The number of amides is 1. The second-order valence-electron chi connectivity index (χ2n) is 5.32. The van der Waals surface area contributed by atoms with Crippen molar-refractivity contribution in [1.82, 2.24) is 5.32 Å². The number of phenolic OH excluding ortho intramolecular Hbond substituents is 1. The van der Waals surface area contributed by atoms with Gasteiger partial charge in [-0.1, -0.05) is 13.8 Å². The van der Waals surface area contributed by atoms with E-state index in [1.165, 1.54) is 12.1 Å². The third-order valence-electron chi connectivity index (χ3n) is 2.61. The van der Waals surface area contributed by atoms with E-state index >= 15 is 0 Å². The second kappa shape index (κ2) is 5.87. The van der Waals surface area contributed by atoms with Crippen molar-refractivity contribution < 1.29 is 15.0 Å². The Morgan fingerprint density at radius 1 is 1.33 bits per heavy atom. The van der Waals surface area contributed by atoms with Crippen molar-refractivity contribution in [2.75, 3.05) is 6.54 Å². The molecule has 1 atom stereocenters. The summed E-state index contributed by atoms with van der Waals surface area (Å²) < 4.78 is 0. The molecule has 0 heterocycles. The Morgan fingerprint density at radius 3 is 2.39 bits per heavy atom. The molecule has 1 unspecified atom stereocenters. The zero-order valence-electron chi connectivity index (χ0n) is 11.1. The topological polar surface area (TPSA) is 69.6 Å². The van der Waals surface area contributed by atoms with Gasteiger partial charge in [-0.3, -0.25) is 4.79 Å². The Bertz CT molecular complexity index is 396. The summed E-state index contributed by atoms with van der Waals surface area (Å²) in [6, 6.07) is 6.01. The van der Waals surface area contributed by atoms with Gasteiger partial charge in [-0.2, -0.15) is 0 Å². The Balaban J connectivity index is 2.53. The fourth-order valence-electron chi connectivity index (χ4n) is 1.94. The highest BCUT2D eigenvalue weighted by Gasteiger charge is 2.22. The molecule has 1 aromatic rings. The quantitative estimate of drug-likeness (QED) is 0.748. The van der Waals surface area contributed by atoms with Gasteiger partial charge in [0.2, 0.25) is 0 Å². The van der Waals surface area contributed by atoms with E-state index in [2.05, 4.69) is 5.32 Å². The normalized spacial score (nSPS) is 14.3. The number of hydrogen-bond acceptors (Lipinski definition) is 3. The van der Waals surface area contributed by atoms with Gasteiger partial charge >= 0.3 is 0 Å². The first kappa shape index (κ1) is 14.5. The van der Waals surface area contributed by atoms with Crippen LogP contribution in [0.5, 0.6) is 5.75 Å². The van der Waals surface area contributed by atoms with E-state index in [4.69, 9.17) is 5.11 Å². The fourth-order valence-corrected chi connectivity index (χ4v) is 1.94. The van der Waals surface area contributed by atoms with Crippen molar-refractivity contribution in [2.24, 2.45) is 5.92 Å². The number of aromatic hydroxyl groups is 1. The molecule has 0 bridgehead atoms. The molecule has 0 fully saturated rings. The predicted octanol–water partition coefficient (Wildman–Crippen LogP) is 1.92. The van der Waals surface area contributed by atoms with Gasteiger partial charge in [-0.05, 0) is 43.5 Å². The Morgan fingerprint density at radius 2 is 1.89 bits per heavy atom. The summed E-state index contributed by atoms with van der Waals surface area (Å²) in [6.07, 6.45) is 0.628. The van der Waals surface area contributed by atoms with Gasteiger partial charge in [0.1, 0.15) is 5.75 Å². The SMILES string of the molecule is CC(C)CC(C)(O)CNC(=O)c1ccc(O)cc1. The molecule has 0 spiro atoms. The summed E-state index contributed by atoms with van der Waals surface area (Å²) in [7, 11) is 0. The van der Waals surface area contributed by atoms with Crippen LogP contribution in [0, 0.1) is 5.92 Å². The standard InChI is InChI=1S/C14H21NO3/c1-10(2)8-14(3,18)9-15-13(17)11-4-6-12(16)7-5-11/h4-7,10,16,18H,8-9H2,1-3H3,(H,15,17). The molecule has 100 valence electrons. The van der Waals surface area contributed by atoms with Crippen LogP contribution in [0.2, 0.25) is 0 Å². The Labute approximate surface area is 108 Å². The Hall–Kier alpha value is -1.55. The molecule has 1 aromatic carbocycles. The maximum absolute atomic E-state index is 11.8. The summed E-state index contributed by atoms with van der Waals surface area (Å²) in [5.74, 6) is 0.239. The third-order valence-corrected chi connectivity index (χ3v) is 2.61. The lowest BCUT2D eigenvalue weighted by Gasteiger charge is -2.25. The molecule has 0 aliphatic heterocycles. The van der Waals surface area contributed by atoms with Crippen LogP contribution in [-0.2, 0) is 0 Å². The number of aliphatic hydroxyl groups is 1. The zero-order chi connectivity index (χ0) is 13.8. The lowest BCUT2D eigenvalue weighted by atomic mass is 9.94. The van der Waals surface area contributed by atoms with E-state index in [1.807, 2.05) is 13.8 Å². The zero-order valence-corrected chi connectivity index (χ0v) is 11.1. The summed E-state index contributed by atoms with van der Waals surface area (Å²) in [4.78, 5) is 11.8. The van der Waals surface area contributed by atoms with Crippen molar-refractivity contribution in [2.45, 2.75) is 32.8 Å². The molecule has 0 aliphatic rings. The van der Waals surface area contributed by atoms with Crippen molar-refractivity contribution in [3.05, 3.63) is 29.8 Å². The van der Waals surface area contributed by atoms with Gasteiger partial charge in [0.05, 0.1) is 5.60 Å². The van der Waals surface area contributed by atoms with Crippen LogP contribution in [0.1, 0.15) is 37.6 Å². The molecule has 3 N–H and O–H groups in total. The maximum Gasteiger partial charge on any atom is 0.251 e. The molecule has 0 saturated heterocycles. The number of carbonyl (C=O) groups excluding carboxylic acids is 1. The first-order valence-electron chi connectivity index (χ1n) is 6.10. The molecule has 4 nitrogen and oxygen atoms in total. The molecule has 1 amide bonds. The van der Waals surface area contributed by atoms with Crippen molar-refractivity contribution in [3.63, 3.8) is 0 Å². The summed E-state index contributed by atoms with van der Waals surface area (Å²) in [6.45, 7) is 5.97. The summed E-state index contributed by atoms with van der Waals surface area (Å²) in [5, 5.41) is 21.9. The number of nitrogens with one attached hydrogen (secondary N) is 1. The van der Waals surface area contributed by atoms with E-state index < -0.39 is 5.60 Å². The number of phenols is 1. The molecule has 18 heavy (non-hydrogen) atoms. The largest absolute Gasteiger partial charge is 0.508 e. The summed E-state index contributed by atoms with van der Waals surface area (Å²) >= 11 is 0. The van der Waals surface area contributed by atoms with Gasteiger partial charge in [-0.25, -0.2) is 0 Å². The lowest BCUT2D eigenvalue weighted by Crippen LogP contribution is -2.41. The first-order chi connectivity index (χ1) is 8.30.